The molecule has 0 aliphatic heterocycles. The molecular weight excluding hydrogens is 362 g/mol. The SMILES string of the molecule is CCOCC(C)OC(=O)c1cc(Br)c(C)c(S(N)(=O)=O)c1. The molecule has 1 atom stereocenters. The van der Waals surface area contributed by atoms with E-state index in [1.165, 1.54) is 12.1 Å². The Morgan fingerprint density at radius 2 is 2.05 bits per heavy atom. The fourth-order valence-electron chi connectivity index (χ4n) is 1.64. The first-order valence-electron chi connectivity index (χ1n) is 6.28. The van der Waals surface area contributed by atoms with Crippen molar-refractivity contribution in [2.75, 3.05) is 13.2 Å². The fraction of sp³-hybridized carbons (Fsp3) is 0.462. The normalized spacial score (nSPS) is 13.0. The number of hydrogen-bond acceptors (Lipinski definition) is 5. The molecule has 0 fully saturated rings. The van der Waals surface area contributed by atoms with Gasteiger partial charge in [0.2, 0.25) is 10.0 Å². The second-order valence-corrected chi connectivity index (χ2v) is 6.89. The molecule has 0 amide bonds. The molecule has 2 N–H and O–H groups in total. The predicted octanol–water partition coefficient (Wildman–Crippen LogP) is 1.99. The van der Waals surface area contributed by atoms with Crippen molar-refractivity contribution in [1.29, 1.82) is 0 Å². The summed E-state index contributed by atoms with van der Waals surface area (Å²) < 4.78 is 33.9. The monoisotopic (exact) mass is 379 g/mol. The number of benzene rings is 1. The van der Waals surface area contributed by atoms with Gasteiger partial charge in [0.25, 0.3) is 0 Å². The summed E-state index contributed by atoms with van der Waals surface area (Å²) in [6, 6.07) is 2.71. The highest BCUT2D eigenvalue weighted by Gasteiger charge is 2.20. The van der Waals surface area contributed by atoms with Crippen LogP contribution in [0.2, 0.25) is 0 Å². The van der Waals surface area contributed by atoms with Crippen molar-refractivity contribution >= 4 is 31.9 Å². The average molecular weight is 380 g/mol. The van der Waals surface area contributed by atoms with E-state index in [0.717, 1.165) is 0 Å². The van der Waals surface area contributed by atoms with E-state index >= 15 is 0 Å². The maximum Gasteiger partial charge on any atom is 0.338 e. The highest BCUT2D eigenvalue weighted by atomic mass is 79.9. The van der Waals surface area contributed by atoms with Crippen LogP contribution in [0.5, 0.6) is 0 Å². The Labute approximate surface area is 132 Å². The molecule has 118 valence electrons. The van der Waals surface area contributed by atoms with Gasteiger partial charge in [0, 0.05) is 11.1 Å². The van der Waals surface area contributed by atoms with Crippen LogP contribution in [0.4, 0.5) is 0 Å². The number of halogens is 1. The Kier molecular flexibility index (Phi) is 6.33. The van der Waals surface area contributed by atoms with Crippen LogP contribution in [0.3, 0.4) is 0 Å². The average Bonchev–Trinajstić information content (AvgIpc) is 2.37. The third kappa shape index (κ3) is 5.06. The van der Waals surface area contributed by atoms with Crippen molar-refractivity contribution in [2.45, 2.75) is 31.8 Å². The van der Waals surface area contributed by atoms with Crippen molar-refractivity contribution in [3.63, 3.8) is 0 Å². The van der Waals surface area contributed by atoms with Crippen LogP contribution >= 0.6 is 15.9 Å². The van der Waals surface area contributed by atoms with Gasteiger partial charge >= 0.3 is 5.97 Å². The molecule has 21 heavy (non-hydrogen) atoms. The number of nitrogens with two attached hydrogens (primary N) is 1. The van der Waals surface area contributed by atoms with Crippen molar-refractivity contribution in [1.82, 2.24) is 0 Å². The second kappa shape index (κ2) is 7.35. The summed E-state index contributed by atoms with van der Waals surface area (Å²) in [4.78, 5) is 11.9. The molecule has 1 rings (SSSR count). The summed E-state index contributed by atoms with van der Waals surface area (Å²) in [5.74, 6) is -0.632. The molecule has 0 aliphatic carbocycles. The minimum absolute atomic E-state index is 0.110. The zero-order valence-electron chi connectivity index (χ0n) is 12.1. The first-order valence-corrected chi connectivity index (χ1v) is 8.62. The third-order valence-corrected chi connectivity index (χ3v) is 4.56. The molecule has 8 heteroatoms. The highest BCUT2D eigenvalue weighted by Crippen LogP contribution is 2.25. The van der Waals surface area contributed by atoms with E-state index in [1.807, 2.05) is 6.92 Å². The van der Waals surface area contributed by atoms with E-state index in [9.17, 15) is 13.2 Å². The van der Waals surface area contributed by atoms with E-state index in [0.29, 0.717) is 16.6 Å². The number of carbonyl (C=O) groups is 1. The summed E-state index contributed by atoms with van der Waals surface area (Å²) in [6.45, 7) is 5.92. The molecule has 0 saturated carbocycles. The molecule has 0 aliphatic rings. The molecule has 0 aromatic heterocycles. The Bertz CT molecular complexity index is 630. The summed E-state index contributed by atoms with van der Waals surface area (Å²) in [5, 5.41) is 5.14. The number of sulfonamides is 1. The van der Waals surface area contributed by atoms with Crippen LogP contribution in [-0.4, -0.2) is 33.7 Å². The van der Waals surface area contributed by atoms with Gasteiger partial charge in [-0.1, -0.05) is 15.9 Å². The lowest BCUT2D eigenvalue weighted by Gasteiger charge is -2.14. The molecule has 0 spiro atoms. The van der Waals surface area contributed by atoms with Crippen LogP contribution in [0.15, 0.2) is 21.5 Å². The van der Waals surface area contributed by atoms with E-state index in [-0.39, 0.29) is 17.1 Å². The molecule has 0 radical (unpaired) electrons. The van der Waals surface area contributed by atoms with Gasteiger partial charge in [-0.25, -0.2) is 18.4 Å². The van der Waals surface area contributed by atoms with Gasteiger partial charge in [0.15, 0.2) is 0 Å². The van der Waals surface area contributed by atoms with Gasteiger partial charge in [-0.2, -0.15) is 0 Å². The topological polar surface area (TPSA) is 95.7 Å². The molecule has 0 saturated heterocycles. The zero-order valence-corrected chi connectivity index (χ0v) is 14.5. The van der Waals surface area contributed by atoms with Gasteiger partial charge in [-0.15, -0.1) is 0 Å². The molecule has 0 bridgehead atoms. The van der Waals surface area contributed by atoms with Crippen LogP contribution in [-0.2, 0) is 19.5 Å². The Morgan fingerprint density at radius 3 is 2.57 bits per heavy atom. The van der Waals surface area contributed by atoms with Gasteiger partial charge in [-0.3, -0.25) is 0 Å². The Balaban J connectivity index is 3.04. The van der Waals surface area contributed by atoms with E-state index in [1.54, 1.807) is 13.8 Å². The number of esters is 1. The van der Waals surface area contributed by atoms with Crippen LogP contribution in [0.1, 0.15) is 29.8 Å². The molecule has 0 heterocycles. The minimum atomic E-state index is -3.92. The first-order chi connectivity index (χ1) is 9.66. The van der Waals surface area contributed by atoms with Crippen molar-refractivity contribution in [3.8, 4) is 0 Å². The Morgan fingerprint density at radius 1 is 1.43 bits per heavy atom. The number of rotatable bonds is 6. The van der Waals surface area contributed by atoms with E-state index in [2.05, 4.69) is 15.9 Å². The van der Waals surface area contributed by atoms with Crippen molar-refractivity contribution < 1.29 is 22.7 Å². The number of hydrogen-bond donors (Lipinski definition) is 1. The summed E-state index contributed by atoms with van der Waals surface area (Å²) in [7, 11) is -3.92. The highest BCUT2D eigenvalue weighted by molar-refractivity contribution is 9.10. The second-order valence-electron chi connectivity index (χ2n) is 4.50. The smallest absolute Gasteiger partial charge is 0.338 e. The summed E-state index contributed by atoms with van der Waals surface area (Å²) >= 11 is 3.21. The number of ether oxygens (including phenoxy) is 2. The van der Waals surface area contributed by atoms with Gasteiger partial charge in [0.05, 0.1) is 17.1 Å². The first kappa shape index (κ1) is 18.1. The largest absolute Gasteiger partial charge is 0.457 e. The van der Waals surface area contributed by atoms with Crippen LogP contribution in [0, 0.1) is 6.92 Å². The van der Waals surface area contributed by atoms with Crippen LogP contribution < -0.4 is 5.14 Å². The zero-order chi connectivity index (χ0) is 16.2. The molecule has 1 unspecified atom stereocenters. The number of carbonyl (C=O) groups excluding carboxylic acids is 1. The maximum atomic E-state index is 12.0. The molecular formula is C13H18BrNO5S. The standard InChI is InChI=1S/C13H18BrNO5S/c1-4-19-7-8(2)20-13(16)10-5-11(14)9(3)12(6-10)21(15,17)18/h5-6,8H,4,7H2,1-3H3,(H2,15,17,18). The van der Waals surface area contributed by atoms with Crippen LogP contribution in [0.25, 0.3) is 0 Å². The lowest BCUT2D eigenvalue weighted by molar-refractivity contribution is 0.00436. The van der Waals surface area contributed by atoms with Gasteiger partial charge in [-0.05, 0) is 38.5 Å². The van der Waals surface area contributed by atoms with E-state index < -0.39 is 22.1 Å². The lowest BCUT2D eigenvalue weighted by atomic mass is 10.1. The Hall–Kier alpha value is -0.960. The maximum absolute atomic E-state index is 12.0. The van der Waals surface area contributed by atoms with Crippen molar-refractivity contribution in [3.05, 3.63) is 27.7 Å². The molecule has 6 nitrogen and oxygen atoms in total. The predicted molar refractivity (Wildman–Crippen MR) is 81.6 cm³/mol. The van der Waals surface area contributed by atoms with E-state index in [4.69, 9.17) is 14.6 Å². The lowest BCUT2D eigenvalue weighted by Crippen LogP contribution is -2.21. The fourth-order valence-corrected chi connectivity index (χ4v) is 3.06. The third-order valence-electron chi connectivity index (χ3n) is 2.70. The van der Waals surface area contributed by atoms with Gasteiger partial charge < -0.3 is 9.47 Å². The minimum Gasteiger partial charge on any atom is -0.457 e. The van der Waals surface area contributed by atoms with Crippen molar-refractivity contribution in [2.24, 2.45) is 5.14 Å². The summed E-state index contributed by atoms with van der Waals surface area (Å²) in [5.41, 5.74) is 0.552. The van der Waals surface area contributed by atoms with Gasteiger partial charge in [0.1, 0.15) is 6.10 Å². The summed E-state index contributed by atoms with van der Waals surface area (Å²) in [6.07, 6.45) is -0.435. The molecule has 1 aromatic carbocycles. The number of primary sulfonamides is 1. The quantitative estimate of drug-likeness (QED) is 0.762. The molecule has 1 aromatic rings.